The molecule has 3 aromatic rings. The standard InChI is InChI=1S/C23H33N11O2/c1-30(2)23(35)33-8-6-31(7-9-33)4-3-5-34-16-27-19-18(17-14-25-21(24)26-15-17)28-22(29-20(19)34)32-10-12-36-13-11-32/h14-16H,3-13H2,1-2H3,(H2,24,25,26). The Morgan fingerprint density at radius 3 is 2.42 bits per heavy atom. The minimum atomic E-state index is 0.0811. The zero-order valence-corrected chi connectivity index (χ0v) is 20.9. The molecule has 0 saturated carbocycles. The first-order chi connectivity index (χ1) is 17.5. The summed E-state index contributed by atoms with van der Waals surface area (Å²) in [7, 11) is 3.59. The second-order valence-electron chi connectivity index (χ2n) is 9.27. The Morgan fingerprint density at radius 1 is 1.00 bits per heavy atom. The molecule has 0 radical (unpaired) electrons. The van der Waals surface area contributed by atoms with Crippen LogP contribution in [0, 0.1) is 0 Å². The monoisotopic (exact) mass is 495 g/mol. The molecule has 5 rings (SSSR count). The maximum absolute atomic E-state index is 12.2. The molecule has 2 N–H and O–H groups in total. The topological polar surface area (TPSA) is 135 Å². The van der Waals surface area contributed by atoms with Crippen molar-refractivity contribution in [3.05, 3.63) is 18.7 Å². The van der Waals surface area contributed by atoms with Crippen LogP contribution in [-0.2, 0) is 11.3 Å². The molecule has 0 atom stereocenters. The van der Waals surface area contributed by atoms with Crippen molar-refractivity contribution >= 4 is 29.1 Å². The van der Waals surface area contributed by atoms with Gasteiger partial charge in [0.25, 0.3) is 0 Å². The summed E-state index contributed by atoms with van der Waals surface area (Å²) in [5.74, 6) is 0.871. The van der Waals surface area contributed by atoms with Gasteiger partial charge in [0.1, 0.15) is 11.2 Å². The van der Waals surface area contributed by atoms with E-state index in [1.165, 1.54) is 0 Å². The van der Waals surface area contributed by atoms with E-state index in [4.69, 9.17) is 20.4 Å². The summed E-state index contributed by atoms with van der Waals surface area (Å²) in [6, 6.07) is 0.0811. The Balaban J connectivity index is 1.32. The predicted molar refractivity (Wildman–Crippen MR) is 136 cm³/mol. The number of urea groups is 1. The maximum Gasteiger partial charge on any atom is 0.319 e. The van der Waals surface area contributed by atoms with Crippen molar-refractivity contribution < 1.29 is 9.53 Å². The van der Waals surface area contributed by atoms with E-state index in [0.29, 0.717) is 24.9 Å². The highest BCUT2D eigenvalue weighted by atomic mass is 16.5. The summed E-state index contributed by atoms with van der Waals surface area (Å²) in [4.78, 5) is 43.0. The summed E-state index contributed by atoms with van der Waals surface area (Å²) >= 11 is 0. The van der Waals surface area contributed by atoms with Crippen LogP contribution in [0.4, 0.5) is 16.7 Å². The third kappa shape index (κ3) is 5.16. The summed E-state index contributed by atoms with van der Waals surface area (Å²) < 4.78 is 7.60. The lowest BCUT2D eigenvalue weighted by molar-refractivity contribution is 0.122. The van der Waals surface area contributed by atoms with Crippen LogP contribution in [0.25, 0.3) is 22.4 Å². The van der Waals surface area contributed by atoms with E-state index in [1.807, 2.05) is 11.2 Å². The minimum Gasteiger partial charge on any atom is -0.378 e. The SMILES string of the molecule is CN(C)C(=O)N1CCN(CCCn2cnc3c(-c4cnc(N)nc4)nc(N4CCOCC4)nc32)CC1. The van der Waals surface area contributed by atoms with Crippen LogP contribution in [0.5, 0.6) is 0 Å². The first-order valence-electron chi connectivity index (χ1n) is 12.3. The van der Waals surface area contributed by atoms with Crippen molar-refractivity contribution in [2.24, 2.45) is 0 Å². The molecule has 0 spiro atoms. The first kappa shape index (κ1) is 24.1. The number of hydrogen-bond donors (Lipinski definition) is 1. The van der Waals surface area contributed by atoms with Gasteiger partial charge in [-0.2, -0.15) is 4.98 Å². The van der Waals surface area contributed by atoms with Crippen molar-refractivity contribution in [1.29, 1.82) is 0 Å². The summed E-state index contributed by atoms with van der Waals surface area (Å²) in [6.45, 7) is 7.78. The van der Waals surface area contributed by atoms with Crippen molar-refractivity contribution in [1.82, 2.24) is 44.2 Å². The van der Waals surface area contributed by atoms with Gasteiger partial charge in [-0.05, 0) is 13.0 Å². The Morgan fingerprint density at radius 2 is 1.72 bits per heavy atom. The maximum atomic E-state index is 12.2. The lowest BCUT2D eigenvalue weighted by Gasteiger charge is -2.35. The third-order valence-electron chi connectivity index (χ3n) is 6.59. The fourth-order valence-electron chi connectivity index (χ4n) is 4.57. The lowest BCUT2D eigenvalue weighted by Crippen LogP contribution is -2.51. The molecule has 2 amide bonds. The molecule has 2 saturated heterocycles. The normalized spacial score (nSPS) is 17.1. The number of anilines is 2. The smallest absolute Gasteiger partial charge is 0.319 e. The largest absolute Gasteiger partial charge is 0.378 e. The molecular weight excluding hydrogens is 462 g/mol. The molecule has 0 aliphatic carbocycles. The molecule has 13 heteroatoms. The molecule has 3 aromatic heterocycles. The molecule has 0 unspecified atom stereocenters. The van der Waals surface area contributed by atoms with Gasteiger partial charge in [-0.1, -0.05) is 0 Å². The summed E-state index contributed by atoms with van der Waals surface area (Å²) in [6.07, 6.45) is 6.13. The second kappa shape index (κ2) is 10.6. The molecule has 5 heterocycles. The Kier molecular flexibility index (Phi) is 7.09. The molecule has 0 bridgehead atoms. The van der Waals surface area contributed by atoms with Gasteiger partial charge in [0.15, 0.2) is 5.65 Å². The molecule has 192 valence electrons. The van der Waals surface area contributed by atoms with E-state index in [-0.39, 0.29) is 12.0 Å². The highest BCUT2D eigenvalue weighted by Crippen LogP contribution is 2.27. The third-order valence-corrected chi connectivity index (χ3v) is 6.59. The molecule has 0 aromatic carbocycles. The zero-order valence-electron chi connectivity index (χ0n) is 20.9. The van der Waals surface area contributed by atoms with Crippen LogP contribution in [0.15, 0.2) is 18.7 Å². The number of carbonyl (C=O) groups is 1. The average molecular weight is 496 g/mol. The van der Waals surface area contributed by atoms with Crippen LogP contribution >= 0.6 is 0 Å². The van der Waals surface area contributed by atoms with Crippen LogP contribution in [-0.4, -0.2) is 123 Å². The number of aromatic nitrogens is 6. The van der Waals surface area contributed by atoms with Crippen molar-refractivity contribution in [3.63, 3.8) is 0 Å². The quantitative estimate of drug-likeness (QED) is 0.512. The fraction of sp³-hybridized carbons (Fsp3) is 0.565. The number of fused-ring (bicyclic) bond motifs is 1. The number of aryl methyl sites for hydroxylation is 1. The summed E-state index contributed by atoms with van der Waals surface area (Å²) in [5.41, 5.74) is 8.66. The van der Waals surface area contributed by atoms with Gasteiger partial charge in [0.2, 0.25) is 11.9 Å². The number of ether oxygens (including phenoxy) is 1. The van der Waals surface area contributed by atoms with E-state index in [0.717, 1.165) is 75.5 Å². The zero-order chi connectivity index (χ0) is 25.1. The van der Waals surface area contributed by atoms with E-state index in [1.54, 1.807) is 31.4 Å². The van der Waals surface area contributed by atoms with Crippen molar-refractivity contribution in [2.75, 3.05) is 83.8 Å². The van der Waals surface area contributed by atoms with Gasteiger partial charge in [0.05, 0.1) is 19.5 Å². The number of morpholine rings is 1. The van der Waals surface area contributed by atoms with Gasteiger partial charge < -0.3 is 29.7 Å². The molecule has 13 nitrogen and oxygen atoms in total. The number of imidazole rings is 1. The Hall–Kier alpha value is -3.58. The number of nitrogen functional groups attached to an aromatic ring is 1. The predicted octanol–water partition coefficient (Wildman–Crippen LogP) is 0.391. The summed E-state index contributed by atoms with van der Waals surface area (Å²) in [5, 5.41) is 0. The Labute approximate surface area is 209 Å². The van der Waals surface area contributed by atoms with Gasteiger partial charge >= 0.3 is 6.03 Å². The van der Waals surface area contributed by atoms with E-state index in [9.17, 15) is 4.79 Å². The van der Waals surface area contributed by atoms with Gasteiger partial charge in [-0.3, -0.25) is 4.90 Å². The Bertz CT molecular complexity index is 1180. The number of piperazine rings is 1. The van der Waals surface area contributed by atoms with Crippen LogP contribution in [0.2, 0.25) is 0 Å². The number of rotatable bonds is 6. The van der Waals surface area contributed by atoms with Crippen molar-refractivity contribution in [3.8, 4) is 11.3 Å². The van der Waals surface area contributed by atoms with Crippen molar-refractivity contribution in [2.45, 2.75) is 13.0 Å². The molecule has 2 fully saturated rings. The number of nitrogens with zero attached hydrogens (tertiary/aromatic N) is 10. The lowest BCUT2D eigenvalue weighted by atomic mass is 10.2. The first-order valence-corrected chi connectivity index (χ1v) is 12.3. The van der Waals surface area contributed by atoms with Crippen LogP contribution in [0.3, 0.4) is 0 Å². The number of hydrogen-bond acceptors (Lipinski definition) is 10. The molecular formula is C23H33N11O2. The highest BCUT2D eigenvalue weighted by molar-refractivity contribution is 5.88. The van der Waals surface area contributed by atoms with Gasteiger partial charge in [-0.25, -0.2) is 24.7 Å². The van der Waals surface area contributed by atoms with Gasteiger partial charge in [-0.15, -0.1) is 0 Å². The highest BCUT2D eigenvalue weighted by Gasteiger charge is 2.23. The molecule has 2 aliphatic rings. The van der Waals surface area contributed by atoms with E-state index in [2.05, 4.69) is 29.3 Å². The van der Waals surface area contributed by atoms with Gasteiger partial charge in [0, 0.05) is 77.9 Å². The van der Waals surface area contributed by atoms with E-state index < -0.39 is 0 Å². The second-order valence-corrected chi connectivity index (χ2v) is 9.27. The molecule has 36 heavy (non-hydrogen) atoms. The number of carbonyl (C=O) groups excluding carboxylic acids is 1. The molecule has 2 aliphatic heterocycles. The average Bonchev–Trinajstić information content (AvgIpc) is 3.32. The number of amides is 2. The van der Waals surface area contributed by atoms with E-state index >= 15 is 0 Å². The van der Waals surface area contributed by atoms with Crippen LogP contribution in [0.1, 0.15) is 6.42 Å². The fourth-order valence-corrected chi connectivity index (χ4v) is 4.57. The minimum absolute atomic E-state index is 0.0811. The van der Waals surface area contributed by atoms with Crippen LogP contribution < -0.4 is 10.6 Å². The number of nitrogens with two attached hydrogens (primary N) is 1.